The Morgan fingerprint density at radius 1 is 1.27 bits per heavy atom. The van der Waals surface area contributed by atoms with Crippen LogP contribution >= 0.6 is 0 Å². The molecule has 142 valence electrons. The number of nitrogens with zero attached hydrogens (tertiary/aromatic N) is 2. The van der Waals surface area contributed by atoms with Crippen LogP contribution < -0.4 is 5.73 Å². The summed E-state index contributed by atoms with van der Waals surface area (Å²) in [5, 5.41) is 0. The minimum atomic E-state index is -0.452. The normalized spacial score (nSPS) is 18.6. The van der Waals surface area contributed by atoms with Crippen molar-refractivity contribution >= 4 is 11.7 Å². The first kappa shape index (κ1) is 20.2. The van der Waals surface area contributed by atoms with Gasteiger partial charge in [0.25, 0.3) is 0 Å². The highest BCUT2D eigenvalue weighted by atomic mass is 16.5. The second kappa shape index (κ2) is 9.53. The Labute approximate surface area is 156 Å². The molecule has 2 atom stereocenters. The molecule has 0 aliphatic carbocycles. The maximum absolute atomic E-state index is 11.8. The highest BCUT2D eigenvalue weighted by Gasteiger charge is 2.28. The molecule has 0 spiro atoms. The molecule has 0 fully saturated rings. The van der Waals surface area contributed by atoms with E-state index in [9.17, 15) is 4.79 Å². The standard InChI is InChI=1S/C21H31N3O2/c1-5-7-11-18(17-12-9-8-10-13-17)14-24-16(4)20(26-19(25)6-2)15(3)23-21(24)22/h8-10,12-13,18,21H,5-7,11,14,22H2,1-4H3. The van der Waals surface area contributed by atoms with Gasteiger partial charge in [0.1, 0.15) is 0 Å². The molecule has 0 bridgehead atoms. The molecule has 2 rings (SSSR count). The average molecular weight is 357 g/mol. The Hall–Kier alpha value is -2.14. The average Bonchev–Trinajstić information content (AvgIpc) is 2.65. The third-order valence-corrected chi connectivity index (χ3v) is 4.83. The largest absolute Gasteiger partial charge is 0.423 e. The van der Waals surface area contributed by atoms with Gasteiger partial charge in [-0.05, 0) is 25.8 Å². The van der Waals surface area contributed by atoms with Crippen molar-refractivity contribution in [1.29, 1.82) is 0 Å². The predicted molar refractivity (Wildman–Crippen MR) is 106 cm³/mol. The van der Waals surface area contributed by atoms with Crippen molar-refractivity contribution in [2.75, 3.05) is 6.54 Å². The Morgan fingerprint density at radius 2 is 1.96 bits per heavy atom. The zero-order chi connectivity index (χ0) is 19.1. The lowest BCUT2D eigenvalue weighted by Gasteiger charge is -2.36. The molecule has 1 heterocycles. The van der Waals surface area contributed by atoms with Crippen molar-refractivity contribution in [3.63, 3.8) is 0 Å². The maximum Gasteiger partial charge on any atom is 0.311 e. The summed E-state index contributed by atoms with van der Waals surface area (Å²) in [5.41, 5.74) is 9.17. The van der Waals surface area contributed by atoms with E-state index in [0.29, 0.717) is 23.8 Å². The summed E-state index contributed by atoms with van der Waals surface area (Å²) in [4.78, 5) is 18.3. The molecule has 1 aromatic carbocycles. The molecule has 26 heavy (non-hydrogen) atoms. The Kier molecular flexibility index (Phi) is 7.39. The number of aliphatic imine (C=N–C) groups is 1. The number of allylic oxidation sites excluding steroid dienone is 2. The lowest BCUT2D eigenvalue weighted by molar-refractivity contribution is -0.138. The van der Waals surface area contributed by atoms with Crippen molar-refractivity contribution < 1.29 is 9.53 Å². The number of benzene rings is 1. The van der Waals surface area contributed by atoms with Crippen LogP contribution in [0.25, 0.3) is 0 Å². The fourth-order valence-electron chi connectivity index (χ4n) is 3.27. The monoisotopic (exact) mass is 357 g/mol. The van der Waals surface area contributed by atoms with Gasteiger partial charge in [0.05, 0.1) is 11.4 Å². The van der Waals surface area contributed by atoms with Gasteiger partial charge in [0.15, 0.2) is 12.0 Å². The number of hydrogen-bond donors (Lipinski definition) is 1. The molecule has 0 radical (unpaired) electrons. The van der Waals surface area contributed by atoms with E-state index in [4.69, 9.17) is 10.5 Å². The molecule has 1 aromatic rings. The lowest BCUT2D eigenvalue weighted by Crippen LogP contribution is -2.45. The highest BCUT2D eigenvalue weighted by molar-refractivity contribution is 5.99. The number of esters is 1. The van der Waals surface area contributed by atoms with Crippen LogP contribution in [0.1, 0.15) is 64.9 Å². The molecular formula is C21H31N3O2. The summed E-state index contributed by atoms with van der Waals surface area (Å²) in [6.07, 6.45) is 3.28. The van der Waals surface area contributed by atoms with Gasteiger partial charge in [-0.25, -0.2) is 4.99 Å². The minimum Gasteiger partial charge on any atom is -0.423 e. The first-order valence-electron chi connectivity index (χ1n) is 9.51. The second-order valence-electron chi connectivity index (χ2n) is 6.77. The lowest BCUT2D eigenvalue weighted by atomic mass is 9.92. The van der Waals surface area contributed by atoms with Crippen LogP contribution in [0, 0.1) is 0 Å². The van der Waals surface area contributed by atoms with Crippen molar-refractivity contribution in [1.82, 2.24) is 4.90 Å². The van der Waals surface area contributed by atoms with E-state index < -0.39 is 6.29 Å². The van der Waals surface area contributed by atoms with E-state index in [-0.39, 0.29) is 5.97 Å². The molecule has 0 amide bonds. The Bertz CT molecular complexity index is 667. The van der Waals surface area contributed by atoms with E-state index >= 15 is 0 Å². The van der Waals surface area contributed by atoms with Crippen LogP contribution in [-0.4, -0.2) is 29.4 Å². The number of hydrogen-bond acceptors (Lipinski definition) is 5. The van der Waals surface area contributed by atoms with Gasteiger partial charge in [-0.3, -0.25) is 10.5 Å². The first-order valence-corrected chi connectivity index (χ1v) is 9.51. The summed E-state index contributed by atoms with van der Waals surface area (Å²) in [6.45, 7) is 8.53. The van der Waals surface area contributed by atoms with Gasteiger partial charge >= 0.3 is 5.97 Å². The SMILES string of the molecule is CCCCC(CN1C(C)=C(OC(=O)CC)C(C)=NC1N)c1ccccc1. The predicted octanol–water partition coefficient (Wildman–Crippen LogP) is 4.16. The Morgan fingerprint density at radius 3 is 2.58 bits per heavy atom. The number of ether oxygens (including phenoxy) is 1. The van der Waals surface area contributed by atoms with Gasteiger partial charge in [0.2, 0.25) is 0 Å². The van der Waals surface area contributed by atoms with Crippen LogP contribution in [0.3, 0.4) is 0 Å². The summed E-state index contributed by atoms with van der Waals surface area (Å²) >= 11 is 0. The van der Waals surface area contributed by atoms with Gasteiger partial charge < -0.3 is 9.64 Å². The van der Waals surface area contributed by atoms with E-state index in [1.54, 1.807) is 6.92 Å². The molecule has 5 heteroatoms. The van der Waals surface area contributed by atoms with Crippen molar-refractivity contribution in [2.45, 2.75) is 65.6 Å². The van der Waals surface area contributed by atoms with Gasteiger partial charge in [-0.15, -0.1) is 0 Å². The second-order valence-corrected chi connectivity index (χ2v) is 6.77. The first-order chi connectivity index (χ1) is 12.5. The molecule has 2 unspecified atom stereocenters. The quantitative estimate of drug-likeness (QED) is 0.709. The maximum atomic E-state index is 11.8. The van der Waals surface area contributed by atoms with Crippen molar-refractivity contribution in [2.24, 2.45) is 10.7 Å². The molecule has 1 aliphatic rings. The third kappa shape index (κ3) is 4.94. The number of unbranched alkanes of at least 4 members (excludes halogenated alkanes) is 1. The smallest absolute Gasteiger partial charge is 0.311 e. The molecule has 0 saturated heterocycles. The van der Waals surface area contributed by atoms with Gasteiger partial charge in [-0.2, -0.15) is 0 Å². The van der Waals surface area contributed by atoms with Gasteiger partial charge in [-0.1, -0.05) is 57.0 Å². The molecule has 5 nitrogen and oxygen atoms in total. The number of carbonyl (C=O) groups is 1. The summed E-state index contributed by atoms with van der Waals surface area (Å²) < 4.78 is 5.52. The van der Waals surface area contributed by atoms with Crippen LogP contribution in [-0.2, 0) is 9.53 Å². The van der Waals surface area contributed by atoms with Crippen LogP contribution in [0.4, 0.5) is 0 Å². The topological polar surface area (TPSA) is 67.9 Å². The van der Waals surface area contributed by atoms with E-state index in [1.807, 2.05) is 19.9 Å². The zero-order valence-corrected chi connectivity index (χ0v) is 16.4. The highest BCUT2D eigenvalue weighted by Crippen LogP contribution is 2.28. The summed E-state index contributed by atoms with van der Waals surface area (Å²) in [5.74, 6) is 0.643. The molecule has 1 aliphatic heterocycles. The zero-order valence-electron chi connectivity index (χ0n) is 16.4. The molecule has 0 aromatic heterocycles. The van der Waals surface area contributed by atoms with E-state index in [2.05, 4.69) is 41.1 Å². The number of carbonyl (C=O) groups excluding carboxylic acids is 1. The summed E-state index contributed by atoms with van der Waals surface area (Å²) in [6, 6.07) is 10.5. The fraction of sp³-hybridized carbons (Fsp3) is 0.524. The molecule has 0 saturated carbocycles. The fourth-order valence-corrected chi connectivity index (χ4v) is 3.27. The summed E-state index contributed by atoms with van der Waals surface area (Å²) in [7, 11) is 0. The van der Waals surface area contributed by atoms with E-state index in [1.165, 1.54) is 5.56 Å². The van der Waals surface area contributed by atoms with Crippen LogP contribution in [0.5, 0.6) is 0 Å². The molecular weight excluding hydrogens is 326 g/mol. The molecule has 2 N–H and O–H groups in total. The third-order valence-electron chi connectivity index (χ3n) is 4.83. The van der Waals surface area contributed by atoms with Crippen molar-refractivity contribution in [3.05, 3.63) is 47.4 Å². The van der Waals surface area contributed by atoms with Crippen molar-refractivity contribution in [3.8, 4) is 0 Å². The van der Waals surface area contributed by atoms with Crippen LogP contribution in [0.2, 0.25) is 0 Å². The number of rotatable bonds is 8. The Balaban J connectivity index is 2.27. The number of nitrogens with two attached hydrogens (primary N) is 1. The minimum absolute atomic E-state index is 0.255. The van der Waals surface area contributed by atoms with Crippen LogP contribution in [0.15, 0.2) is 46.8 Å². The van der Waals surface area contributed by atoms with Gasteiger partial charge in [0, 0.05) is 18.9 Å². The van der Waals surface area contributed by atoms with E-state index in [0.717, 1.165) is 31.5 Å².